The summed E-state index contributed by atoms with van der Waals surface area (Å²) < 4.78 is 4.49. The molecule has 1 aliphatic carbocycles. The van der Waals surface area contributed by atoms with E-state index in [0.29, 0.717) is 0 Å². The minimum atomic E-state index is 0.762. The number of para-hydroxylation sites is 2. The first-order valence-electron chi connectivity index (χ1n) is 21.7. The molecule has 1 aliphatic rings. The molecule has 0 radical (unpaired) electrons. The summed E-state index contributed by atoms with van der Waals surface area (Å²) in [6.07, 6.45) is 34.1. The molecule has 0 spiro atoms. The fourth-order valence-corrected chi connectivity index (χ4v) is 8.00. The highest BCUT2D eigenvalue weighted by Gasteiger charge is 2.19. The number of anilines is 3. The fourth-order valence-electron chi connectivity index (χ4n) is 8.00. The highest BCUT2D eigenvalue weighted by Crippen LogP contribution is 2.37. The number of nitrogens with zero attached hydrogens (tertiary/aromatic N) is 3. The normalized spacial score (nSPS) is 12.2. The van der Waals surface area contributed by atoms with Crippen LogP contribution < -0.4 is 10.6 Å². The van der Waals surface area contributed by atoms with Gasteiger partial charge >= 0.3 is 0 Å². The average Bonchev–Trinajstić information content (AvgIpc) is 4.07. The van der Waals surface area contributed by atoms with E-state index in [4.69, 9.17) is 5.73 Å². The van der Waals surface area contributed by atoms with Gasteiger partial charge < -0.3 is 19.8 Å². The lowest BCUT2D eigenvalue weighted by molar-refractivity contribution is 1.04. The van der Waals surface area contributed by atoms with Gasteiger partial charge in [-0.1, -0.05) is 142 Å². The van der Waals surface area contributed by atoms with Crippen LogP contribution in [0.3, 0.4) is 0 Å². The molecule has 4 nitrogen and oxygen atoms in total. The first kappa shape index (κ1) is 44.5. The summed E-state index contributed by atoms with van der Waals surface area (Å²) in [5.41, 5.74) is 25.2. The van der Waals surface area contributed by atoms with Gasteiger partial charge in [-0.2, -0.15) is 0 Å². The Hall–Kier alpha value is -8.56. The van der Waals surface area contributed by atoms with Gasteiger partial charge in [0.1, 0.15) is 0 Å². The van der Waals surface area contributed by atoms with E-state index in [0.717, 1.165) is 89.8 Å². The second kappa shape index (κ2) is 21.5. The van der Waals surface area contributed by atoms with E-state index in [1.807, 2.05) is 123 Å². The third kappa shape index (κ3) is 9.90. The number of allylic oxidation sites excluding steroid dienone is 10. The van der Waals surface area contributed by atoms with Gasteiger partial charge in [0.2, 0.25) is 0 Å². The Morgan fingerprint density at radius 2 is 1.15 bits per heavy atom. The molecule has 2 aromatic heterocycles. The maximum absolute atomic E-state index is 5.89. The van der Waals surface area contributed by atoms with Crippen LogP contribution in [0.5, 0.6) is 0 Å². The van der Waals surface area contributed by atoms with E-state index in [1.165, 1.54) is 0 Å². The van der Waals surface area contributed by atoms with Gasteiger partial charge in [0, 0.05) is 62.3 Å². The van der Waals surface area contributed by atoms with Crippen molar-refractivity contribution < 1.29 is 0 Å². The molecular weight excluding hydrogens is 789 g/mol. The molecule has 4 heteroatoms. The molecule has 0 fully saturated rings. The van der Waals surface area contributed by atoms with Crippen LogP contribution in [0.15, 0.2) is 232 Å². The Bertz CT molecular complexity index is 3080. The smallest absolute Gasteiger partial charge is 0.0542 e. The molecule has 2 N–H and O–H groups in total. The van der Waals surface area contributed by atoms with Crippen LogP contribution in [0.2, 0.25) is 0 Å². The summed E-state index contributed by atoms with van der Waals surface area (Å²) in [5.74, 6) is 0. The lowest BCUT2D eigenvalue weighted by Crippen LogP contribution is -2.08. The Kier molecular flexibility index (Phi) is 14.7. The van der Waals surface area contributed by atoms with Crippen molar-refractivity contribution >= 4 is 64.4 Å². The number of benzene rings is 5. The van der Waals surface area contributed by atoms with E-state index in [2.05, 4.69) is 162 Å². The van der Waals surface area contributed by atoms with E-state index in [9.17, 15) is 0 Å². The molecule has 0 aliphatic heterocycles. The number of hydrogen-bond acceptors (Lipinski definition) is 2. The lowest BCUT2D eigenvalue weighted by atomic mass is 10.0. The molecule has 0 amide bonds. The van der Waals surface area contributed by atoms with Gasteiger partial charge in [0.15, 0.2) is 0 Å². The molecule has 65 heavy (non-hydrogen) atoms. The summed E-state index contributed by atoms with van der Waals surface area (Å²) in [5, 5.41) is 1.16. The van der Waals surface area contributed by atoms with Crippen molar-refractivity contribution in [2.24, 2.45) is 0 Å². The summed E-state index contributed by atoms with van der Waals surface area (Å²) in [4.78, 5) is 2.20. The predicted molar refractivity (Wildman–Crippen MR) is 285 cm³/mol. The first-order chi connectivity index (χ1) is 31.9. The maximum atomic E-state index is 5.89. The Balaban J connectivity index is 0.000000216. The van der Waals surface area contributed by atoms with Crippen LogP contribution in [0.1, 0.15) is 47.6 Å². The summed E-state index contributed by atoms with van der Waals surface area (Å²) in [7, 11) is 0. The number of nitrogen functional groups attached to an aromatic ring is 1. The molecule has 2 heterocycles. The molecular formula is C61H54N4. The second-order valence-corrected chi connectivity index (χ2v) is 15.0. The van der Waals surface area contributed by atoms with Crippen molar-refractivity contribution in [3.05, 3.63) is 266 Å². The Morgan fingerprint density at radius 3 is 1.74 bits per heavy atom. The van der Waals surface area contributed by atoms with Crippen molar-refractivity contribution in [2.45, 2.75) is 13.8 Å². The average molecular weight is 843 g/mol. The summed E-state index contributed by atoms with van der Waals surface area (Å²) in [6, 6.07) is 43.9. The number of nitrogens with two attached hydrogens (primary N) is 1. The zero-order chi connectivity index (χ0) is 45.5. The molecule has 318 valence electrons. The SMILES string of the molecule is C=C/C=C\C=C/N(c1ccc(-c2ccc(N)cc2)cc1)c1ccc2c(c1)c(/C=C\C)c(C=C)n2-c1ccccc1.C=Cc1c(/C=C\C)c(C=C)n(-c2ccccc2)c1/C=C\C1=C=CC=C1. The van der Waals surface area contributed by atoms with Crippen molar-refractivity contribution in [1.29, 1.82) is 0 Å². The molecule has 8 rings (SSSR count). The van der Waals surface area contributed by atoms with Crippen LogP contribution >= 0.6 is 0 Å². The van der Waals surface area contributed by atoms with Crippen LogP contribution in [-0.2, 0) is 0 Å². The van der Waals surface area contributed by atoms with E-state index in [1.54, 1.807) is 6.08 Å². The molecule has 0 unspecified atom stereocenters. The van der Waals surface area contributed by atoms with Crippen molar-refractivity contribution in [1.82, 2.24) is 9.13 Å². The number of rotatable bonds is 15. The highest BCUT2D eigenvalue weighted by atomic mass is 15.1. The monoisotopic (exact) mass is 842 g/mol. The third-order valence-electron chi connectivity index (χ3n) is 10.9. The molecule has 5 aromatic carbocycles. The molecule has 0 bridgehead atoms. The van der Waals surface area contributed by atoms with E-state index in [-0.39, 0.29) is 0 Å². The van der Waals surface area contributed by atoms with Gasteiger partial charge in [-0.05, 0) is 134 Å². The standard InChI is InChI=1S/C37H33N3.C24H21N/c1-4-7-8-12-26-39(31-22-18-29(19-23-31)28-16-20-30(38)21-17-28)33-24-25-37-35(27-33)34(13-5-2)36(6-3)40(37)32-14-10-9-11-15-32;1-4-12-22-21(5-2)24(18-17-19-13-10-11-14-19)25(23(22)6-3)20-15-8-7-9-16-20/h4-27H,1,3,38H2,2H3;4-13,15-18H,2-3H2,1H3/b8-7-,13-5-,26-12-;12-4-,18-17-. The zero-order valence-corrected chi connectivity index (χ0v) is 37.2. The van der Waals surface area contributed by atoms with Crippen LogP contribution in [0, 0.1) is 0 Å². The van der Waals surface area contributed by atoms with Gasteiger partial charge in [-0.3, -0.25) is 0 Å². The Morgan fingerprint density at radius 1 is 0.554 bits per heavy atom. The number of fused-ring (bicyclic) bond motifs is 1. The third-order valence-corrected chi connectivity index (χ3v) is 10.9. The highest BCUT2D eigenvalue weighted by molar-refractivity contribution is 5.98. The first-order valence-corrected chi connectivity index (χ1v) is 21.7. The minimum absolute atomic E-state index is 0.762. The van der Waals surface area contributed by atoms with Crippen molar-refractivity contribution in [2.75, 3.05) is 10.6 Å². The Labute approximate surface area is 384 Å². The van der Waals surface area contributed by atoms with Gasteiger partial charge in [0.25, 0.3) is 0 Å². The number of hydrogen-bond donors (Lipinski definition) is 1. The van der Waals surface area contributed by atoms with E-state index >= 15 is 0 Å². The van der Waals surface area contributed by atoms with Crippen molar-refractivity contribution in [3.63, 3.8) is 0 Å². The van der Waals surface area contributed by atoms with Gasteiger partial charge in [0.05, 0.1) is 22.6 Å². The summed E-state index contributed by atoms with van der Waals surface area (Å²) >= 11 is 0. The molecule has 0 saturated heterocycles. The topological polar surface area (TPSA) is 39.1 Å². The predicted octanol–water partition coefficient (Wildman–Crippen LogP) is 16.4. The van der Waals surface area contributed by atoms with Crippen molar-refractivity contribution in [3.8, 4) is 22.5 Å². The largest absolute Gasteiger partial charge is 0.399 e. The quantitative estimate of drug-likeness (QED) is 0.0634. The maximum Gasteiger partial charge on any atom is 0.0542 e. The molecule has 0 saturated carbocycles. The summed E-state index contributed by atoms with van der Waals surface area (Å²) in [6.45, 7) is 20.1. The van der Waals surface area contributed by atoms with E-state index < -0.39 is 0 Å². The zero-order valence-electron chi connectivity index (χ0n) is 37.2. The van der Waals surface area contributed by atoms with Crippen LogP contribution in [0.25, 0.3) is 69.9 Å². The second-order valence-electron chi connectivity index (χ2n) is 15.0. The molecule has 0 atom stereocenters. The minimum Gasteiger partial charge on any atom is -0.399 e. The van der Waals surface area contributed by atoms with Gasteiger partial charge in [-0.15, -0.1) is 5.73 Å². The van der Waals surface area contributed by atoms with Gasteiger partial charge in [-0.25, -0.2) is 0 Å². The van der Waals surface area contributed by atoms with Crippen LogP contribution in [0.4, 0.5) is 17.1 Å². The molecule has 7 aromatic rings. The lowest BCUT2D eigenvalue weighted by Gasteiger charge is -2.22. The van der Waals surface area contributed by atoms with Crippen LogP contribution in [-0.4, -0.2) is 9.13 Å². The fraction of sp³-hybridized carbons (Fsp3) is 0.0328. The number of aromatic nitrogens is 2.